The van der Waals surface area contributed by atoms with Gasteiger partial charge in [0.1, 0.15) is 0 Å². The minimum atomic E-state index is -0.959. The van der Waals surface area contributed by atoms with Crippen molar-refractivity contribution in [1.82, 2.24) is 19.9 Å². The Morgan fingerprint density at radius 3 is 1.69 bits per heavy atom. The molecule has 1 N–H and O–H groups in total. The third-order valence-corrected chi connectivity index (χ3v) is 8.47. The van der Waals surface area contributed by atoms with Crippen LogP contribution in [0.2, 0.25) is 0 Å². The lowest BCUT2D eigenvalue weighted by molar-refractivity contribution is 0.0518. The minimum Gasteiger partial charge on any atom is -0.476 e. The Balaban J connectivity index is 0.000000202. The largest absolute Gasteiger partial charge is 0.476 e. The number of rotatable bonds is 9. The topological polar surface area (TPSA) is 115 Å². The van der Waals surface area contributed by atoms with Crippen LogP contribution in [0.25, 0.3) is 20.0 Å². The molecule has 0 aliphatic rings. The van der Waals surface area contributed by atoms with Crippen molar-refractivity contribution in [2.45, 2.75) is 47.5 Å². The van der Waals surface area contributed by atoms with E-state index in [2.05, 4.69) is 47.6 Å². The van der Waals surface area contributed by atoms with E-state index >= 15 is 0 Å². The summed E-state index contributed by atoms with van der Waals surface area (Å²) in [7, 11) is 0. The number of hydrogen-bond donors (Lipinski definition) is 1. The van der Waals surface area contributed by atoms with Gasteiger partial charge in [-0.05, 0) is 31.6 Å². The highest BCUT2D eigenvalue weighted by Crippen LogP contribution is 2.32. The van der Waals surface area contributed by atoms with E-state index < -0.39 is 5.97 Å². The first kappa shape index (κ1) is 28.0. The first-order valence-electron chi connectivity index (χ1n) is 11.4. The van der Waals surface area contributed by atoms with Crippen molar-refractivity contribution >= 4 is 57.3 Å². The highest BCUT2D eigenvalue weighted by atomic mass is 32.1. The molecule has 0 radical (unpaired) electrons. The van der Waals surface area contributed by atoms with Crippen LogP contribution < -0.4 is 0 Å². The second-order valence-electron chi connectivity index (χ2n) is 8.48. The van der Waals surface area contributed by atoms with Gasteiger partial charge in [0.15, 0.2) is 31.4 Å². The summed E-state index contributed by atoms with van der Waals surface area (Å²) in [5, 5.41) is 16.0. The van der Waals surface area contributed by atoms with Gasteiger partial charge in [0.05, 0.1) is 6.61 Å². The molecule has 192 valence electrons. The van der Waals surface area contributed by atoms with Crippen molar-refractivity contribution in [2.75, 3.05) is 6.61 Å². The maximum absolute atomic E-state index is 11.9. The molecule has 4 rings (SSSR count). The lowest BCUT2D eigenvalue weighted by Crippen LogP contribution is -2.08. The van der Waals surface area contributed by atoms with Crippen LogP contribution in [0, 0.1) is 11.8 Å². The van der Waals surface area contributed by atoms with Crippen LogP contribution in [0.3, 0.4) is 0 Å². The molecule has 4 aromatic heterocycles. The molecule has 0 aliphatic heterocycles. The molecule has 0 saturated heterocycles. The van der Waals surface area contributed by atoms with Crippen LogP contribution in [-0.2, 0) is 17.6 Å². The number of carboxylic acids is 1. The number of aromatic carboxylic acids is 1. The zero-order valence-electron chi connectivity index (χ0n) is 20.7. The zero-order valence-corrected chi connectivity index (χ0v) is 23.9. The predicted molar refractivity (Wildman–Crippen MR) is 146 cm³/mol. The maximum Gasteiger partial charge on any atom is 0.358 e. The summed E-state index contributed by atoms with van der Waals surface area (Å²) >= 11 is 5.96. The van der Waals surface area contributed by atoms with Crippen molar-refractivity contribution in [1.29, 1.82) is 0 Å². The second-order valence-corrected chi connectivity index (χ2v) is 12.4. The van der Waals surface area contributed by atoms with E-state index in [9.17, 15) is 9.59 Å². The number of aromatic nitrogens is 4. The van der Waals surface area contributed by atoms with Gasteiger partial charge in [0, 0.05) is 32.9 Å². The summed E-state index contributed by atoms with van der Waals surface area (Å²) in [5.41, 5.74) is 0.625. The van der Waals surface area contributed by atoms with E-state index in [1.165, 1.54) is 45.3 Å². The van der Waals surface area contributed by atoms with Crippen molar-refractivity contribution in [3.8, 4) is 20.0 Å². The van der Waals surface area contributed by atoms with E-state index in [1.54, 1.807) is 19.3 Å². The molecular formula is C24H28N4O4S4. The van der Waals surface area contributed by atoms with Gasteiger partial charge >= 0.3 is 11.9 Å². The zero-order chi connectivity index (χ0) is 26.2. The van der Waals surface area contributed by atoms with Crippen molar-refractivity contribution in [3.63, 3.8) is 0 Å². The Morgan fingerprint density at radius 2 is 1.31 bits per heavy atom. The van der Waals surface area contributed by atoms with Crippen LogP contribution in [0.1, 0.15) is 65.3 Å². The lowest BCUT2D eigenvalue weighted by atomic mass is 10.1. The van der Waals surface area contributed by atoms with Crippen LogP contribution in [0.15, 0.2) is 23.2 Å². The quantitative estimate of drug-likeness (QED) is 0.221. The first-order chi connectivity index (χ1) is 17.2. The Bertz CT molecular complexity index is 1260. The van der Waals surface area contributed by atoms with Gasteiger partial charge in [-0.2, -0.15) is 0 Å². The van der Waals surface area contributed by atoms with Crippen LogP contribution in [-0.4, -0.2) is 43.6 Å². The molecule has 0 aromatic carbocycles. The number of carbonyl (C=O) groups is 2. The molecule has 0 spiro atoms. The molecule has 8 nitrogen and oxygen atoms in total. The van der Waals surface area contributed by atoms with Gasteiger partial charge in [-0.15, -0.1) is 45.3 Å². The number of hydrogen-bond acceptors (Lipinski definition) is 11. The van der Waals surface area contributed by atoms with E-state index in [-0.39, 0.29) is 11.7 Å². The summed E-state index contributed by atoms with van der Waals surface area (Å²) in [6, 6.07) is 0. The summed E-state index contributed by atoms with van der Waals surface area (Å²) in [4.78, 5) is 41.8. The van der Waals surface area contributed by atoms with Crippen molar-refractivity contribution in [2.24, 2.45) is 11.8 Å². The van der Waals surface area contributed by atoms with E-state index in [1.807, 2.05) is 10.8 Å². The molecular weight excluding hydrogens is 537 g/mol. The van der Waals surface area contributed by atoms with Gasteiger partial charge < -0.3 is 9.84 Å². The molecule has 0 saturated carbocycles. The van der Waals surface area contributed by atoms with Crippen LogP contribution >= 0.6 is 45.3 Å². The molecule has 36 heavy (non-hydrogen) atoms. The average Bonchev–Trinajstić information content (AvgIpc) is 3.59. The fraction of sp³-hybridized carbons (Fsp3) is 0.417. The molecule has 0 unspecified atom stereocenters. The number of carbonyl (C=O) groups excluding carboxylic acids is 1. The number of esters is 1. The molecule has 0 aliphatic carbocycles. The van der Waals surface area contributed by atoms with Gasteiger partial charge in [-0.25, -0.2) is 29.5 Å². The summed E-state index contributed by atoms with van der Waals surface area (Å²) in [5.74, 6) is -0.410. The fourth-order valence-corrected chi connectivity index (χ4v) is 6.97. The van der Waals surface area contributed by atoms with Gasteiger partial charge in [0.25, 0.3) is 0 Å². The van der Waals surface area contributed by atoms with Gasteiger partial charge in [-0.3, -0.25) is 0 Å². The predicted octanol–water partition coefficient (Wildman–Crippen LogP) is 6.81. The third-order valence-electron chi connectivity index (χ3n) is 4.48. The molecule has 0 amide bonds. The monoisotopic (exact) mass is 564 g/mol. The highest BCUT2D eigenvalue weighted by molar-refractivity contribution is 7.21. The summed E-state index contributed by atoms with van der Waals surface area (Å²) in [6.45, 7) is 10.5. The third kappa shape index (κ3) is 7.48. The molecule has 4 aromatic rings. The van der Waals surface area contributed by atoms with E-state index in [4.69, 9.17) is 9.84 Å². The summed E-state index contributed by atoms with van der Waals surface area (Å²) < 4.78 is 5.07. The Kier molecular flexibility index (Phi) is 10.2. The molecule has 0 atom stereocenters. The molecule has 12 heteroatoms. The molecule has 0 bridgehead atoms. The number of ether oxygens (including phenoxy) is 1. The number of nitrogens with zero attached hydrogens (tertiary/aromatic N) is 4. The van der Waals surface area contributed by atoms with Gasteiger partial charge in [0.2, 0.25) is 0 Å². The maximum atomic E-state index is 11.9. The minimum absolute atomic E-state index is 0.175. The average molecular weight is 565 g/mol. The highest BCUT2D eigenvalue weighted by Gasteiger charge is 2.22. The van der Waals surface area contributed by atoms with E-state index in [0.29, 0.717) is 29.1 Å². The molecule has 4 heterocycles. The Hall–Kier alpha value is -2.54. The second kappa shape index (κ2) is 13.1. The fourth-order valence-electron chi connectivity index (χ4n) is 3.09. The smallest absolute Gasteiger partial charge is 0.358 e. The number of carboxylic acid groups (broad SMARTS) is 1. The van der Waals surface area contributed by atoms with Crippen LogP contribution in [0.5, 0.6) is 0 Å². The SMILES string of the molecule is CC(C)Cc1sc(-c2nccs2)nc1C(=O)O.CCOC(=O)c1nc(-c2nccs2)sc1CC(C)C. The Morgan fingerprint density at radius 1 is 0.833 bits per heavy atom. The normalized spacial score (nSPS) is 11.0. The van der Waals surface area contributed by atoms with Crippen LogP contribution in [0.4, 0.5) is 0 Å². The van der Waals surface area contributed by atoms with Crippen molar-refractivity contribution < 1.29 is 19.4 Å². The summed E-state index contributed by atoms with van der Waals surface area (Å²) in [6.07, 6.45) is 5.01. The standard InChI is InChI=1S/C13H16N2O2S2.C11H12N2O2S2/c1-4-17-13(16)10-9(7-8(2)3)19-12(15-10)11-14-5-6-18-11;1-6(2)5-7-8(11(14)15)13-10(17-7)9-12-3-4-16-9/h5-6,8H,4,7H2,1-3H3;3-4,6H,5H2,1-2H3,(H,14,15). The number of thiazole rings is 4. The van der Waals surface area contributed by atoms with Gasteiger partial charge in [-0.1, -0.05) is 27.7 Å². The van der Waals surface area contributed by atoms with Crippen molar-refractivity contribution in [3.05, 3.63) is 44.3 Å². The van der Waals surface area contributed by atoms with E-state index in [0.717, 1.165) is 37.6 Å². The Labute approximate surface area is 226 Å². The first-order valence-corrected chi connectivity index (χ1v) is 14.8. The lowest BCUT2D eigenvalue weighted by Gasteiger charge is -2.04. The molecule has 0 fully saturated rings.